The summed E-state index contributed by atoms with van der Waals surface area (Å²) >= 11 is 0. The van der Waals surface area contributed by atoms with Crippen LogP contribution >= 0.6 is 0 Å². The predicted molar refractivity (Wildman–Crippen MR) is 512 cm³/mol. The summed E-state index contributed by atoms with van der Waals surface area (Å²) in [6.45, 7) is 0. The Bertz CT molecular complexity index is 8230. The fourth-order valence-corrected chi connectivity index (χ4v) is 19.3. The minimum Gasteiger partial charge on any atom is -0.456 e. The molecular formula is C116H74N4O2. The minimum atomic E-state index is 0.871. The molecule has 122 heavy (non-hydrogen) atoms. The van der Waals surface area contributed by atoms with E-state index in [0.717, 1.165) is 173 Å². The van der Waals surface area contributed by atoms with E-state index < -0.39 is 0 Å². The Balaban J connectivity index is 0.574. The molecule has 0 aliphatic carbocycles. The predicted octanol–water partition coefficient (Wildman–Crippen LogP) is 32.6. The molecule has 20 aromatic carbocycles. The maximum Gasteiger partial charge on any atom is 0.136 e. The number of fused-ring (bicyclic) bond motifs is 14. The zero-order valence-corrected chi connectivity index (χ0v) is 66.3. The molecule has 0 N–H and O–H groups in total. The van der Waals surface area contributed by atoms with Gasteiger partial charge >= 0.3 is 0 Å². The van der Waals surface area contributed by atoms with E-state index in [4.69, 9.17) is 8.83 Å². The Morgan fingerprint density at radius 3 is 1.11 bits per heavy atom. The first-order chi connectivity index (χ1) is 60.5. The van der Waals surface area contributed by atoms with Gasteiger partial charge in [-0.2, -0.15) is 0 Å². The van der Waals surface area contributed by atoms with Crippen LogP contribution in [0, 0.1) is 0 Å². The van der Waals surface area contributed by atoms with Gasteiger partial charge in [0, 0.05) is 88.2 Å². The molecule has 24 aromatic rings. The van der Waals surface area contributed by atoms with Crippen molar-refractivity contribution < 1.29 is 8.83 Å². The molecule has 0 atom stereocenters. The molecular weight excluding hydrogens is 1480 g/mol. The van der Waals surface area contributed by atoms with E-state index in [0.29, 0.717) is 0 Å². The summed E-state index contributed by atoms with van der Waals surface area (Å²) in [5, 5.41) is 14.1. The maximum absolute atomic E-state index is 6.45. The van der Waals surface area contributed by atoms with Gasteiger partial charge in [-0.25, -0.2) is 0 Å². The first-order valence-electron chi connectivity index (χ1n) is 41.7. The Labute approximate surface area is 704 Å². The molecule has 0 saturated heterocycles. The molecule has 0 bridgehead atoms. The third kappa shape index (κ3) is 11.7. The number of para-hydroxylation sites is 8. The highest BCUT2D eigenvalue weighted by atomic mass is 16.3. The molecule has 24 rings (SSSR count). The van der Waals surface area contributed by atoms with Crippen LogP contribution in [0.25, 0.3) is 198 Å². The molecule has 0 unspecified atom stereocenters. The first kappa shape index (κ1) is 70.0. The standard InChI is InChI=1S/C116H74N4O2/c1-2-25-79-70-85(53-52-75(79)24-1)95-33-5-11-42-104(95)118(90-30-20-27-84(73-90)97-41-23-51-114-116(97)103-38-10-18-49-112(103)122-114)88-66-58-78(59-67-88)94-32-4-13-44-106(94)120-109-47-16-8-36-100(109)101-69-61-81(74-110(101)120)80-60-68-92-82(71-80)28-21-39-91(92)76-54-62-86(63-55-76)117(89-29-19-26-83(72-89)96-40-22-50-113-115(96)102-37-9-17-48-111(102)121-113)87-64-56-77(57-65-87)93-31-3-12-43-105(93)119-107-45-14-6-34-98(107)99-35-7-15-46-108(99)119/h1-74H. The van der Waals surface area contributed by atoms with Crippen LogP contribution in [-0.4, -0.2) is 9.13 Å². The maximum atomic E-state index is 6.45. The Morgan fingerprint density at radius 1 is 0.172 bits per heavy atom. The van der Waals surface area contributed by atoms with Crippen LogP contribution in [-0.2, 0) is 0 Å². The van der Waals surface area contributed by atoms with Crippen LogP contribution in [0.4, 0.5) is 34.1 Å². The number of aromatic nitrogens is 2. The quantitative estimate of drug-likeness (QED) is 0.103. The van der Waals surface area contributed by atoms with Crippen molar-refractivity contribution in [1.29, 1.82) is 0 Å². The number of hydrogen-bond donors (Lipinski definition) is 0. The fourth-order valence-electron chi connectivity index (χ4n) is 19.3. The van der Waals surface area contributed by atoms with Gasteiger partial charge in [0.15, 0.2) is 0 Å². The van der Waals surface area contributed by atoms with Gasteiger partial charge in [0.1, 0.15) is 22.3 Å². The highest BCUT2D eigenvalue weighted by Gasteiger charge is 2.25. The average Bonchev–Trinajstić information content (AvgIpc) is 1.58. The van der Waals surface area contributed by atoms with Crippen molar-refractivity contribution in [2.45, 2.75) is 0 Å². The number of anilines is 6. The van der Waals surface area contributed by atoms with Crippen LogP contribution in [0.2, 0.25) is 0 Å². The normalized spacial score (nSPS) is 11.8. The van der Waals surface area contributed by atoms with Crippen LogP contribution in [0.1, 0.15) is 0 Å². The van der Waals surface area contributed by atoms with E-state index in [1.165, 1.54) is 59.7 Å². The molecule has 0 aliphatic rings. The molecule has 0 aliphatic heterocycles. The van der Waals surface area contributed by atoms with E-state index in [1.54, 1.807) is 0 Å². The zero-order chi connectivity index (χ0) is 80.3. The second kappa shape index (κ2) is 28.8. The Morgan fingerprint density at radius 2 is 0.533 bits per heavy atom. The first-order valence-corrected chi connectivity index (χ1v) is 41.7. The lowest BCUT2D eigenvalue weighted by Crippen LogP contribution is -2.11. The van der Waals surface area contributed by atoms with Gasteiger partial charge in [-0.05, 0) is 222 Å². The molecule has 0 radical (unpaired) electrons. The highest BCUT2D eigenvalue weighted by molar-refractivity contribution is 6.16. The zero-order valence-electron chi connectivity index (χ0n) is 66.3. The van der Waals surface area contributed by atoms with Crippen molar-refractivity contribution in [2.75, 3.05) is 9.80 Å². The highest BCUT2D eigenvalue weighted by Crippen LogP contribution is 2.49. The minimum absolute atomic E-state index is 0.871. The Kier molecular flexibility index (Phi) is 16.5. The largest absolute Gasteiger partial charge is 0.456 e. The van der Waals surface area contributed by atoms with E-state index in [1.807, 2.05) is 12.1 Å². The number of furan rings is 2. The van der Waals surface area contributed by atoms with E-state index in [2.05, 4.69) is 456 Å². The second-order valence-corrected chi connectivity index (χ2v) is 31.8. The number of hydrogen-bond acceptors (Lipinski definition) is 4. The number of nitrogens with zero attached hydrogens (tertiary/aromatic N) is 4. The van der Waals surface area contributed by atoms with Gasteiger partial charge in [0.25, 0.3) is 0 Å². The summed E-state index contributed by atoms with van der Waals surface area (Å²) in [6.07, 6.45) is 0. The van der Waals surface area contributed by atoms with Crippen LogP contribution in [0.5, 0.6) is 0 Å². The van der Waals surface area contributed by atoms with Crippen LogP contribution in [0.15, 0.2) is 458 Å². The topological polar surface area (TPSA) is 42.6 Å². The van der Waals surface area contributed by atoms with Crippen molar-refractivity contribution in [1.82, 2.24) is 9.13 Å². The summed E-state index contributed by atoms with van der Waals surface area (Å²) in [7, 11) is 0. The van der Waals surface area contributed by atoms with E-state index >= 15 is 0 Å². The average molecular weight is 1560 g/mol. The van der Waals surface area contributed by atoms with Gasteiger partial charge in [0.2, 0.25) is 0 Å². The summed E-state index contributed by atoms with van der Waals surface area (Å²) in [4.78, 5) is 4.81. The number of rotatable bonds is 15. The third-order valence-electron chi connectivity index (χ3n) is 24.9. The van der Waals surface area contributed by atoms with Gasteiger partial charge in [-0.15, -0.1) is 0 Å². The van der Waals surface area contributed by atoms with Crippen molar-refractivity contribution in [3.8, 4) is 89.3 Å². The Hall–Kier alpha value is -16.3. The fraction of sp³-hybridized carbons (Fsp3) is 0. The summed E-state index contributed by atoms with van der Waals surface area (Å²) in [5.41, 5.74) is 32.5. The molecule has 0 fully saturated rings. The summed E-state index contributed by atoms with van der Waals surface area (Å²) in [6, 6.07) is 164. The lowest BCUT2D eigenvalue weighted by Gasteiger charge is -2.28. The van der Waals surface area contributed by atoms with Crippen LogP contribution < -0.4 is 9.80 Å². The van der Waals surface area contributed by atoms with E-state index in [-0.39, 0.29) is 0 Å². The third-order valence-corrected chi connectivity index (χ3v) is 24.9. The smallest absolute Gasteiger partial charge is 0.136 e. The molecule has 4 heterocycles. The molecule has 0 amide bonds. The summed E-state index contributed by atoms with van der Waals surface area (Å²) < 4.78 is 17.8. The monoisotopic (exact) mass is 1550 g/mol. The van der Waals surface area contributed by atoms with Crippen molar-refractivity contribution in [2.24, 2.45) is 0 Å². The number of benzene rings is 20. The molecule has 6 nitrogen and oxygen atoms in total. The molecule has 570 valence electrons. The molecule has 0 spiro atoms. The lowest BCUT2D eigenvalue weighted by atomic mass is 9.94. The van der Waals surface area contributed by atoms with Gasteiger partial charge in [0.05, 0.1) is 39.1 Å². The van der Waals surface area contributed by atoms with Crippen molar-refractivity contribution >= 4 is 143 Å². The molecule has 6 heteroatoms. The van der Waals surface area contributed by atoms with E-state index in [9.17, 15) is 0 Å². The van der Waals surface area contributed by atoms with Crippen molar-refractivity contribution in [3.05, 3.63) is 449 Å². The lowest BCUT2D eigenvalue weighted by molar-refractivity contribution is 0.668. The SMILES string of the molecule is c1cc(-c2cccc3oc4ccccc4c23)cc(N(c2ccc(-c3ccccc3-n3c4ccccc4c4ccccc43)cc2)c2ccc(-c3cccc4cc(-c5ccc6c7ccccc7n(-c7ccccc7-c7ccc(N(c8cccc(-c9cccc%10oc%11ccccc%11c9%10)c8)c8ccccc8-c8ccc9ccccc9c8)cc7)c6c5)ccc34)cc2)c1. The summed E-state index contributed by atoms with van der Waals surface area (Å²) in [5.74, 6) is 0. The van der Waals surface area contributed by atoms with Gasteiger partial charge in [-0.3, -0.25) is 0 Å². The molecule has 0 saturated carbocycles. The molecule has 4 aromatic heterocycles. The van der Waals surface area contributed by atoms with Crippen LogP contribution in [0.3, 0.4) is 0 Å². The van der Waals surface area contributed by atoms with Gasteiger partial charge in [-0.1, -0.05) is 309 Å². The van der Waals surface area contributed by atoms with Gasteiger partial charge < -0.3 is 27.8 Å². The van der Waals surface area contributed by atoms with Crippen molar-refractivity contribution in [3.63, 3.8) is 0 Å². The second-order valence-electron chi connectivity index (χ2n) is 31.8.